The number of hydrogen-bond donors (Lipinski definition) is 1. The number of fused-ring (bicyclic) bond motifs is 1. The highest BCUT2D eigenvalue weighted by atomic mass is 32.1. The second-order valence-corrected chi connectivity index (χ2v) is 6.45. The van der Waals surface area contributed by atoms with Gasteiger partial charge in [-0.2, -0.15) is 5.10 Å². The largest absolute Gasteiger partial charge is 0.496 e. The number of benzene rings is 2. The van der Waals surface area contributed by atoms with Gasteiger partial charge in [-0.05, 0) is 30.7 Å². The number of thiazole rings is 1. The first-order valence-electron chi connectivity index (χ1n) is 7.43. The first-order chi connectivity index (χ1) is 11.6. The van der Waals surface area contributed by atoms with Crippen molar-refractivity contribution < 1.29 is 9.53 Å². The number of amides is 1. The van der Waals surface area contributed by atoms with E-state index in [9.17, 15) is 4.79 Å². The van der Waals surface area contributed by atoms with Crippen LogP contribution in [0.2, 0.25) is 0 Å². The van der Waals surface area contributed by atoms with Crippen LogP contribution < -0.4 is 10.2 Å². The smallest absolute Gasteiger partial charge is 0.283 e. The number of hydrazone groups is 1. The lowest BCUT2D eigenvalue weighted by atomic mass is 10.0. The van der Waals surface area contributed by atoms with Crippen molar-refractivity contribution in [3.63, 3.8) is 0 Å². The number of aromatic nitrogens is 1. The summed E-state index contributed by atoms with van der Waals surface area (Å²) in [7, 11) is 1.61. The number of nitrogens with one attached hydrogen (secondary N) is 1. The molecule has 1 amide bonds. The Morgan fingerprint density at radius 3 is 2.75 bits per heavy atom. The van der Waals surface area contributed by atoms with Crippen LogP contribution >= 0.6 is 11.3 Å². The molecule has 0 fully saturated rings. The van der Waals surface area contributed by atoms with Crippen molar-refractivity contribution in [1.82, 2.24) is 10.4 Å². The van der Waals surface area contributed by atoms with Crippen LogP contribution in [0, 0.1) is 13.8 Å². The lowest BCUT2D eigenvalue weighted by molar-refractivity contribution is 0.0958. The molecule has 2 aromatic carbocycles. The second-order valence-electron chi connectivity index (χ2n) is 5.25. The highest BCUT2D eigenvalue weighted by Gasteiger charge is 2.13. The lowest BCUT2D eigenvalue weighted by Crippen LogP contribution is -2.17. The number of hydrogen-bond acceptors (Lipinski definition) is 5. The van der Waals surface area contributed by atoms with Crippen molar-refractivity contribution in [2.45, 2.75) is 13.8 Å². The lowest BCUT2D eigenvalue weighted by Gasteiger charge is -2.08. The Morgan fingerprint density at radius 1 is 1.25 bits per heavy atom. The van der Waals surface area contributed by atoms with Gasteiger partial charge in [-0.15, -0.1) is 11.3 Å². The van der Waals surface area contributed by atoms with Crippen LogP contribution in [0.25, 0.3) is 10.8 Å². The summed E-state index contributed by atoms with van der Waals surface area (Å²) in [5.41, 5.74) is 4.11. The number of carbonyl (C=O) groups excluding carboxylic acids is 1. The summed E-state index contributed by atoms with van der Waals surface area (Å²) < 4.78 is 5.41. The van der Waals surface area contributed by atoms with Gasteiger partial charge in [-0.25, -0.2) is 10.4 Å². The first kappa shape index (κ1) is 16.1. The minimum atomic E-state index is -0.256. The maximum absolute atomic E-state index is 12.2. The second kappa shape index (κ2) is 6.80. The maximum Gasteiger partial charge on any atom is 0.283 e. The summed E-state index contributed by atoms with van der Waals surface area (Å²) in [4.78, 5) is 17.0. The topological polar surface area (TPSA) is 63.6 Å². The van der Waals surface area contributed by atoms with Gasteiger partial charge >= 0.3 is 0 Å². The first-order valence-corrected chi connectivity index (χ1v) is 8.25. The van der Waals surface area contributed by atoms with Crippen LogP contribution in [0.3, 0.4) is 0 Å². The monoisotopic (exact) mass is 339 g/mol. The fraction of sp³-hybridized carbons (Fsp3) is 0.167. The van der Waals surface area contributed by atoms with E-state index in [1.54, 1.807) is 13.3 Å². The van der Waals surface area contributed by atoms with Gasteiger partial charge in [0.25, 0.3) is 5.91 Å². The molecule has 6 heteroatoms. The molecule has 5 nitrogen and oxygen atoms in total. The third-order valence-electron chi connectivity index (χ3n) is 3.62. The SMILES string of the molecule is COc1ccc2ccccc2c1/C=N/NC(=O)c1sc(C)nc1C. The van der Waals surface area contributed by atoms with Crippen LogP contribution in [0.4, 0.5) is 0 Å². The Morgan fingerprint density at radius 2 is 2.04 bits per heavy atom. The Labute approximate surface area is 144 Å². The van der Waals surface area contributed by atoms with Gasteiger partial charge in [0, 0.05) is 5.56 Å². The number of rotatable bonds is 4. The Bertz CT molecular complexity index is 931. The standard InChI is InChI=1S/C18H17N3O2S/c1-11-17(24-12(2)20-11)18(22)21-19-10-15-14-7-5-4-6-13(14)8-9-16(15)23-3/h4-10H,1-3H3,(H,21,22)/b19-10+. The molecule has 0 aliphatic heterocycles. The summed E-state index contributed by atoms with van der Waals surface area (Å²) in [5, 5.41) is 7.06. The number of nitrogens with zero attached hydrogens (tertiary/aromatic N) is 2. The fourth-order valence-corrected chi connectivity index (χ4v) is 3.34. The highest BCUT2D eigenvalue weighted by molar-refractivity contribution is 7.13. The number of methoxy groups -OCH3 is 1. The molecule has 0 atom stereocenters. The molecule has 0 spiro atoms. The molecule has 0 unspecified atom stereocenters. The number of aryl methyl sites for hydroxylation is 2. The van der Waals surface area contributed by atoms with Gasteiger partial charge in [0.1, 0.15) is 10.6 Å². The van der Waals surface area contributed by atoms with E-state index in [2.05, 4.69) is 15.5 Å². The van der Waals surface area contributed by atoms with Crippen molar-refractivity contribution in [1.29, 1.82) is 0 Å². The van der Waals surface area contributed by atoms with Crippen LogP contribution in [-0.2, 0) is 0 Å². The van der Waals surface area contributed by atoms with E-state index in [0.29, 0.717) is 16.3 Å². The molecule has 0 saturated carbocycles. The summed E-state index contributed by atoms with van der Waals surface area (Å²) in [5.74, 6) is 0.449. The Hall–Kier alpha value is -2.73. The molecule has 1 aromatic heterocycles. The molecular weight excluding hydrogens is 322 g/mol. The summed E-state index contributed by atoms with van der Waals surface area (Å²) in [6.45, 7) is 3.69. The Balaban J connectivity index is 1.88. The van der Waals surface area contributed by atoms with E-state index in [1.807, 2.05) is 50.2 Å². The predicted octanol–water partition coefficient (Wildman–Crippen LogP) is 3.69. The van der Waals surface area contributed by atoms with Crippen molar-refractivity contribution in [2.75, 3.05) is 7.11 Å². The third-order valence-corrected chi connectivity index (χ3v) is 4.69. The quantitative estimate of drug-likeness (QED) is 0.582. The minimum Gasteiger partial charge on any atom is -0.496 e. The third kappa shape index (κ3) is 3.14. The molecule has 24 heavy (non-hydrogen) atoms. The molecule has 122 valence electrons. The van der Waals surface area contributed by atoms with E-state index in [1.165, 1.54) is 11.3 Å². The minimum absolute atomic E-state index is 0.256. The van der Waals surface area contributed by atoms with Crippen molar-refractivity contribution in [3.8, 4) is 5.75 Å². The summed E-state index contributed by atoms with van der Waals surface area (Å²) in [6, 6.07) is 11.8. The van der Waals surface area contributed by atoms with Gasteiger partial charge in [-0.3, -0.25) is 4.79 Å². The number of carbonyl (C=O) groups is 1. The fourth-order valence-electron chi connectivity index (χ4n) is 2.53. The molecule has 3 aromatic rings. The van der Waals surface area contributed by atoms with E-state index in [-0.39, 0.29) is 5.91 Å². The van der Waals surface area contributed by atoms with Crippen molar-refractivity contribution in [2.24, 2.45) is 5.10 Å². The molecule has 0 bridgehead atoms. The van der Waals surface area contributed by atoms with Crippen molar-refractivity contribution >= 4 is 34.2 Å². The molecule has 3 rings (SSSR count). The molecule has 0 aliphatic rings. The Kier molecular flexibility index (Phi) is 4.57. The van der Waals surface area contributed by atoms with Crippen LogP contribution in [-0.4, -0.2) is 24.2 Å². The zero-order valence-corrected chi connectivity index (χ0v) is 14.5. The van der Waals surface area contributed by atoms with E-state index < -0.39 is 0 Å². The van der Waals surface area contributed by atoms with Crippen molar-refractivity contribution in [3.05, 3.63) is 57.5 Å². The zero-order chi connectivity index (χ0) is 17.1. The van der Waals surface area contributed by atoms with E-state index >= 15 is 0 Å². The molecular formula is C18H17N3O2S. The van der Waals surface area contributed by atoms with Crippen LogP contribution in [0.15, 0.2) is 41.5 Å². The molecule has 1 heterocycles. The molecule has 0 radical (unpaired) electrons. The average molecular weight is 339 g/mol. The summed E-state index contributed by atoms with van der Waals surface area (Å²) >= 11 is 1.36. The molecule has 0 saturated heterocycles. The van der Waals surface area contributed by atoms with Gasteiger partial charge in [0.05, 0.1) is 24.0 Å². The van der Waals surface area contributed by atoms with Gasteiger partial charge < -0.3 is 4.74 Å². The number of ether oxygens (including phenoxy) is 1. The highest BCUT2D eigenvalue weighted by Crippen LogP contribution is 2.26. The average Bonchev–Trinajstić information content (AvgIpc) is 2.93. The van der Waals surface area contributed by atoms with Crippen LogP contribution in [0.5, 0.6) is 5.75 Å². The van der Waals surface area contributed by atoms with E-state index in [0.717, 1.165) is 21.3 Å². The predicted molar refractivity (Wildman–Crippen MR) is 97.1 cm³/mol. The van der Waals surface area contributed by atoms with Crippen LogP contribution in [0.1, 0.15) is 25.9 Å². The van der Waals surface area contributed by atoms with Gasteiger partial charge in [0.15, 0.2) is 0 Å². The maximum atomic E-state index is 12.2. The summed E-state index contributed by atoms with van der Waals surface area (Å²) in [6.07, 6.45) is 1.61. The molecule has 0 aliphatic carbocycles. The molecule has 1 N–H and O–H groups in total. The van der Waals surface area contributed by atoms with E-state index in [4.69, 9.17) is 4.74 Å². The van der Waals surface area contributed by atoms with Gasteiger partial charge in [0.2, 0.25) is 0 Å². The normalized spacial score (nSPS) is 11.1. The zero-order valence-electron chi connectivity index (χ0n) is 13.7. The van der Waals surface area contributed by atoms with Gasteiger partial charge in [-0.1, -0.05) is 30.3 Å².